The number of hydrogen-bond donors (Lipinski definition) is 1. The summed E-state index contributed by atoms with van der Waals surface area (Å²) in [5.41, 5.74) is 0. The summed E-state index contributed by atoms with van der Waals surface area (Å²) in [4.78, 5) is 10.4. The molecule has 0 aliphatic heterocycles. The first-order valence-electron chi connectivity index (χ1n) is 10.0. The largest absolute Gasteiger partial charge is 0.481 e. The van der Waals surface area contributed by atoms with Crippen LogP contribution in [-0.4, -0.2) is 26.0 Å². The molecule has 3 nitrogen and oxygen atoms in total. The van der Waals surface area contributed by atoms with E-state index in [1.807, 2.05) is 0 Å². The zero-order valence-corrected chi connectivity index (χ0v) is 18.0. The molecular weight excluding hydrogens is 316 g/mol. The lowest BCUT2D eigenvalue weighted by molar-refractivity contribution is -0.137. The van der Waals surface area contributed by atoms with Crippen LogP contribution in [0.25, 0.3) is 0 Å². The second-order valence-corrected chi connectivity index (χ2v) is 13.5. The zero-order valence-electron chi connectivity index (χ0n) is 17.0. The summed E-state index contributed by atoms with van der Waals surface area (Å²) in [5.74, 6) is -0.662. The number of carboxylic acids is 1. The van der Waals surface area contributed by atoms with Gasteiger partial charge in [-0.1, -0.05) is 78.6 Å². The van der Waals surface area contributed by atoms with E-state index < -0.39 is 14.3 Å². The van der Waals surface area contributed by atoms with Gasteiger partial charge in [0, 0.05) is 13.0 Å². The van der Waals surface area contributed by atoms with E-state index >= 15 is 0 Å². The molecule has 0 saturated carbocycles. The smallest absolute Gasteiger partial charge is 0.303 e. The lowest BCUT2D eigenvalue weighted by atomic mass is 10.1. The summed E-state index contributed by atoms with van der Waals surface area (Å²) >= 11 is 0. The summed E-state index contributed by atoms with van der Waals surface area (Å²) in [5, 5.41) is 8.88. The van der Waals surface area contributed by atoms with Crippen LogP contribution in [0.3, 0.4) is 0 Å². The Hall–Kier alpha value is -0.353. The van der Waals surface area contributed by atoms with E-state index in [4.69, 9.17) is 9.53 Å². The first-order chi connectivity index (χ1) is 11.2. The van der Waals surface area contributed by atoms with Crippen molar-refractivity contribution in [1.29, 1.82) is 0 Å². The lowest BCUT2D eigenvalue weighted by Gasteiger charge is -2.36. The molecule has 0 aliphatic carbocycles. The van der Waals surface area contributed by atoms with Gasteiger partial charge in [-0.3, -0.25) is 4.79 Å². The van der Waals surface area contributed by atoms with Gasteiger partial charge in [0.25, 0.3) is 0 Å². The summed E-state index contributed by atoms with van der Waals surface area (Å²) < 4.78 is 6.20. The lowest BCUT2D eigenvalue weighted by Crippen LogP contribution is -2.40. The minimum absolute atomic E-state index is 0.320. The van der Waals surface area contributed by atoms with Crippen LogP contribution >= 0.6 is 0 Å². The third-order valence-corrected chi connectivity index (χ3v) is 9.84. The Kier molecular flexibility index (Phi) is 12.7. The molecule has 0 amide bonds. The Morgan fingerprint density at radius 2 is 1.17 bits per heavy atom. The molecule has 0 fully saturated rings. The van der Waals surface area contributed by atoms with Crippen molar-refractivity contribution in [2.75, 3.05) is 6.61 Å². The molecule has 0 aromatic rings. The van der Waals surface area contributed by atoms with Crippen molar-refractivity contribution in [3.05, 3.63) is 0 Å². The molecule has 24 heavy (non-hydrogen) atoms. The van der Waals surface area contributed by atoms with E-state index in [0.717, 1.165) is 19.4 Å². The molecule has 0 spiro atoms. The third-order valence-electron chi connectivity index (χ3n) is 5.30. The zero-order chi connectivity index (χ0) is 18.5. The van der Waals surface area contributed by atoms with Crippen molar-refractivity contribution in [3.8, 4) is 0 Å². The predicted molar refractivity (Wildman–Crippen MR) is 106 cm³/mol. The highest BCUT2D eigenvalue weighted by atomic mass is 28.4. The first-order valence-corrected chi connectivity index (χ1v) is 12.9. The van der Waals surface area contributed by atoms with Crippen molar-refractivity contribution in [1.82, 2.24) is 0 Å². The van der Waals surface area contributed by atoms with E-state index in [1.54, 1.807) is 0 Å². The molecule has 0 saturated heterocycles. The van der Waals surface area contributed by atoms with Crippen molar-refractivity contribution < 1.29 is 14.3 Å². The Morgan fingerprint density at radius 3 is 1.54 bits per heavy atom. The molecule has 4 heteroatoms. The van der Waals surface area contributed by atoms with Gasteiger partial charge >= 0.3 is 5.97 Å². The molecule has 0 heterocycles. The highest BCUT2D eigenvalue weighted by molar-refractivity contribution is 6.74. The Balaban J connectivity index is 3.28. The van der Waals surface area contributed by atoms with Crippen LogP contribution in [0, 0.1) is 0 Å². The van der Waals surface area contributed by atoms with E-state index in [2.05, 4.69) is 33.9 Å². The quantitative estimate of drug-likeness (QED) is 0.259. The summed E-state index contributed by atoms with van der Waals surface area (Å²) in [6.45, 7) is 12.5. The summed E-state index contributed by atoms with van der Waals surface area (Å²) in [6.07, 6.45) is 13.9. The highest BCUT2D eigenvalue weighted by Gasteiger charge is 2.36. The Bertz CT molecular complexity index is 321. The molecular formula is C20H42O3Si. The van der Waals surface area contributed by atoms with Gasteiger partial charge in [0.05, 0.1) is 0 Å². The number of unbranched alkanes of at least 4 members (excludes halogenated alkanes) is 10. The Morgan fingerprint density at radius 1 is 0.792 bits per heavy atom. The maximum atomic E-state index is 10.4. The van der Waals surface area contributed by atoms with Crippen LogP contribution < -0.4 is 0 Å². The number of carboxylic acid groups (broad SMARTS) is 1. The maximum absolute atomic E-state index is 10.4. The van der Waals surface area contributed by atoms with Gasteiger partial charge in [0.15, 0.2) is 8.32 Å². The highest BCUT2D eigenvalue weighted by Crippen LogP contribution is 2.36. The van der Waals surface area contributed by atoms with Gasteiger partial charge in [-0.25, -0.2) is 0 Å². The van der Waals surface area contributed by atoms with Crippen molar-refractivity contribution >= 4 is 14.3 Å². The van der Waals surface area contributed by atoms with Crippen molar-refractivity contribution in [3.63, 3.8) is 0 Å². The summed E-state index contributed by atoms with van der Waals surface area (Å²) in [6, 6.07) is 0. The van der Waals surface area contributed by atoms with Gasteiger partial charge in [0.2, 0.25) is 0 Å². The normalized spacial score (nSPS) is 12.5. The van der Waals surface area contributed by atoms with Crippen molar-refractivity contribution in [2.24, 2.45) is 0 Å². The fourth-order valence-corrected chi connectivity index (χ4v) is 3.60. The topological polar surface area (TPSA) is 46.5 Å². The van der Waals surface area contributed by atoms with E-state index in [0.29, 0.717) is 11.5 Å². The van der Waals surface area contributed by atoms with Gasteiger partial charge in [-0.05, 0) is 31.0 Å². The molecule has 0 aliphatic rings. The van der Waals surface area contributed by atoms with Crippen LogP contribution in [0.1, 0.15) is 97.8 Å². The van der Waals surface area contributed by atoms with Gasteiger partial charge < -0.3 is 9.53 Å². The molecule has 144 valence electrons. The predicted octanol–water partition coefficient (Wildman–Crippen LogP) is 6.77. The van der Waals surface area contributed by atoms with Crippen molar-refractivity contribution in [2.45, 2.75) is 116 Å². The van der Waals surface area contributed by atoms with E-state index in [-0.39, 0.29) is 0 Å². The monoisotopic (exact) mass is 358 g/mol. The summed E-state index contributed by atoms with van der Waals surface area (Å²) in [7, 11) is -1.54. The number of hydrogen-bond acceptors (Lipinski definition) is 2. The number of aliphatic carboxylic acids is 1. The van der Waals surface area contributed by atoms with Crippen LogP contribution in [0.2, 0.25) is 18.1 Å². The van der Waals surface area contributed by atoms with Gasteiger partial charge in [-0.15, -0.1) is 0 Å². The average Bonchev–Trinajstić information content (AvgIpc) is 2.46. The van der Waals surface area contributed by atoms with Gasteiger partial charge in [-0.2, -0.15) is 0 Å². The molecule has 0 bridgehead atoms. The van der Waals surface area contributed by atoms with Crippen LogP contribution in [-0.2, 0) is 9.22 Å². The molecule has 0 rings (SSSR count). The second kappa shape index (κ2) is 12.9. The minimum atomic E-state index is -1.54. The SMILES string of the molecule is CC(C)(C)[Si](C)(C)OCCCCCCCCCCCCCC(=O)O. The van der Waals surface area contributed by atoms with E-state index in [9.17, 15) is 4.79 Å². The third kappa shape index (κ3) is 13.0. The molecule has 1 N–H and O–H groups in total. The number of rotatable bonds is 15. The second-order valence-electron chi connectivity index (χ2n) is 8.64. The van der Waals surface area contributed by atoms with E-state index in [1.165, 1.54) is 57.8 Å². The van der Waals surface area contributed by atoms with Gasteiger partial charge in [0.1, 0.15) is 0 Å². The standard InChI is InChI=1S/C20H42O3Si/c1-20(2,3)24(4,5)23-18-16-14-12-10-8-6-7-9-11-13-15-17-19(21)22/h6-18H2,1-5H3,(H,21,22). The van der Waals surface area contributed by atoms with Crippen LogP contribution in [0.4, 0.5) is 0 Å². The fraction of sp³-hybridized carbons (Fsp3) is 0.950. The molecule has 0 aromatic carbocycles. The molecule has 0 radical (unpaired) electrons. The maximum Gasteiger partial charge on any atom is 0.303 e. The first kappa shape index (κ1) is 23.6. The number of carbonyl (C=O) groups is 1. The minimum Gasteiger partial charge on any atom is -0.481 e. The van der Waals surface area contributed by atoms with Crippen LogP contribution in [0.15, 0.2) is 0 Å². The molecule has 0 atom stereocenters. The Labute approximate surface area is 151 Å². The average molecular weight is 359 g/mol. The fourth-order valence-electron chi connectivity index (χ4n) is 2.51. The molecule has 0 aromatic heterocycles. The van der Waals surface area contributed by atoms with Crippen LogP contribution in [0.5, 0.6) is 0 Å². The molecule has 0 unspecified atom stereocenters.